The van der Waals surface area contributed by atoms with Crippen molar-refractivity contribution in [1.82, 2.24) is 4.31 Å². The van der Waals surface area contributed by atoms with Gasteiger partial charge in [0.25, 0.3) is 0 Å². The van der Waals surface area contributed by atoms with Crippen LogP contribution in [0.15, 0.2) is 23.1 Å². The highest BCUT2D eigenvalue weighted by Crippen LogP contribution is 2.23. The summed E-state index contributed by atoms with van der Waals surface area (Å²) in [4.78, 5) is 0.134. The molecule has 20 heavy (non-hydrogen) atoms. The second-order valence-electron chi connectivity index (χ2n) is 4.63. The van der Waals surface area contributed by atoms with Gasteiger partial charge in [-0.05, 0) is 24.6 Å². The number of ether oxygens (including phenoxy) is 1. The first kappa shape index (κ1) is 14.9. The molecule has 1 saturated heterocycles. The van der Waals surface area contributed by atoms with Gasteiger partial charge in [0, 0.05) is 13.1 Å². The minimum absolute atomic E-state index is 0.120. The van der Waals surface area contributed by atoms with E-state index in [2.05, 4.69) is 0 Å². The Bertz CT molecular complexity index is 636. The zero-order chi connectivity index (χ0) is 14.8. The van der Waals surface area contributed by atoms with Crippen LogP contribution in [-0.2, 0) is 14.8 Å². The number of hydrogen-bond donors (Lipinski definition) is 1. The van der Waals surface area contributed by atoms with Crippen LogP contribution in [-0.4, -0.2) is 50.2 Å². The van der Waals surface area contributed by atoms with Crippen molar-refractivity contribution in [3.8, 4) is 6.07 Å². The van der Waals surface area contributed by atoms with Crippen LogP contribution in [0.1, 0.15) is 11.1 Å². The van der Waals surface area contributed by atoms with E-state index in [-0.39, 0.29) is 31.2 Å². The Hall–Kier alpha value is -1.46. The third kappa shape index (κ3) is 2.83. The Kier molecular flexibility index (Phi) is 4.40. The lowest BCUT2D eigenvalue weighted by Crippen LogP contribution is -2.46. The fraction of sp³-hybridized carbons (Fsp3) is 0.462. The average Bonchev–Trinajstić information content (AvgIpc) is 2.47. The smallest absolute Gasteiger partial charge is 0.243 e. The highest BCUT2D eigenvalue weighted by atomic mass is 32.2. The molecule has 108 valence electrons. The van der Waals surface area contributed by atoms with Gasteiger partial charge in [-0.25, -0.2) is 8.42 Å². The molecular weight excluding hydrogens is 280 g/mol. The van der Waals surface area contributed by atoms with E-state index in [4.69, 9.17) is 15.1 Å². The Morgan fingerprint density at radius 3 is 2.95 bits per heavy atom. The van der Waals surface area contributed by atoms with Gasteiger partial charge in [0.2, 0.25) is 10.0 Å². The second-order valence-corrected chi connectivity index (χ2v) is 6.54. The zero-order valence-corrected chi connectivity index (χ0v) is 11.9. The number of nitrogens with zero attached hydrogens (tertiary/aromatic N) is 2. The lowest BCUT2D eigenvalue weighted by atomic mass is 10.2. The van der Waals surface area contributed by atoms with Crippen molar-refractivity contribution in [2.45, 2.75) is 17.9 Å². The molecule has 1 heterocycles. The summed E-state index contributed by atoms with van der Waals surface area (Å²) in [5, 5.41) is 18.0. The molecule has 0 amide bonds. The van der Waals surface area contributed by atoms with Gasteiger partial charge in [0.05, 0.1) is 35.8 Å². The molecule has 0 bridgehead atoms. The number of benzene rings is 1. The van der Waals surface area contributed by atoms with Gasteiger partial charge in [0.1, 0.15) is 0 Å². The minimum Gasteiger partial charge on any atom is -0.394 e. The molecule has 1 aliphatic rings. The van der Waals surface area contributed by atoms with E-state index >= 15 is 0 Å². The maximum absolute atomic E-state index is 12.6. The van der Waals surface area contributed by atoms with Crippen molar-refractivity contribution in [1.29, 1.82) is 5.26 Å². The summed E-state index contributed by atoms with van der Waals surface area (Å²) < 4.78 is 31.8. The molecule has 0 spiro atoms. The number of aryl methyl sites for hydroxylation is 1. The predicted octanol–water partition coefficient (Wildman–Crippen LogP) is 0.248. The average molecular weight is 296 g/mol. The Balaban J connectivity index is 2.37. The van der Waals surface area contributed by atoms with Gasteiger partial charge in [-0.2, -0.15) is 9.57 Å². The van der Waals surface area contributed by atoms with Gasteiger partial charge < -0.3 is 9.84 Å². The van der Waals surface area contributed by atoms with E-state index in [1.807, 2.05) is 6.07 Å². The molecule has 0 aliphatic carbocycles. The first-order chi connectivity index (χ1) is 9.48. The number of morpholine rings is 1. The molecule has 0 saturated carbocycles. The van der Waals surface area contributed by atoms with Crippen molar-refractivity contribution in [2.24, 2.45) is 0 Å². The van der Waals surface area contributed by atoms with Crippen LogP contribution in [0.25, 0.3) is 0 Å². The van der Waals surface area contributed by atoms with Crippen LogP contribution < -0.4 is 0 Å². The van der Waals surface area contributed by atoms with Crippen LogP contribution >= 0.6 is 0 Å². The molecule has 1 unspecified atom stereocenters. The first-order valence-electron chi connectivity index (χ1n) is 6.22. The fourth-order valence-corrected chi connectivity index (χ4v) is 3.81. The summed E-state index contributed by atoms with van der Waals surface area (Å²) in [5.41, 5.74) is 0.900. The molecule has 7 heteroatoms. The summed E-state index contributed by atoms with van der Waals surface area (Å²) in [6.45, 7) is 2.09. The molecule has 1 aromatic rings. The Labute approximate surface area is 118 Å². The standard InChI is InChI=1S/C13H16N2O4S/c1-10-2-3-11(7-14)6-13(10)20(17,18)15-4-5-19-12(8-15)9-16/h2-3,6,12,16H,4-5,8-9H2,1H3. The highest BCUT2D eigenvalue weighted by Gasteiger charge is 2.31. The number of aliphatic hydroxyl groups is 1. The van der Waals surface area contributed by atoms with Gasteiger partial charge >= 0.3 is 0 Å². The normalized spacial score (nSPS) is 20.6. The predicted molar refractivity (Wildman–Crippen MR) is 71.5 cm³/mol. The lowest BCUT2D eigenvalue weighted by Gasteiger charge is -2.31. The molecular formula is C13H16N2O4S. The lowest BCUT2D eigenvalue weighted by molar-refractivity contribution is -0.0304. The SMILES string of the molecule is Cc1ccc(C#N)cc1S(=O)(=O)N1CCOC(CO)C1. The Morgan fingerprint density at radius 2 is 2.30 bits per heavy atom. The number of hydrogen-bond acceptors (Lipinski definition) is 5. The molecule has 1 atom stereocenters. The van der Waals surface area contributed by atoms with Crippen molar-refractivity contribution in [2.75, 3.05) is 26.3 Å². The number of sulfonamides is 1. The van der Waals surface area contributed by atoms with Gasteiger partial charge in [-0.3, -0.25) is 0 Å². The van der Waals surface area contributed by atoms with Crippen LogP contribution in [0.3, 0.4) is 0 Å². The molecule has 1 aliphatic heterocycles. The second kappa shape index (κ2) is 5.89. The quantitative estimate of drug-likeness (QED) is 0.863. The summed E-state index contributed by atoms with van der Waals surface area (Å²) in [6, 6.07) is 6.53. The molecule has 1 fully saturated rings. The van der Waals surface area contributed by atoms with Crippen LogP contribution in [0.5, 0.6) is 0 Å². The number of nitriles is 1. The van der Waals surface area contributed by atoms with E-state index in [1.165, 1.54) is 10.4 Å². The maximum atomic E-state index is 12.6. The zero-order valence-electron chi connectivity index (χ0n) is 11.1. The van der Waals surface area contributed by atoms with Gasteiger partial charge in [-0.15, -0.1) is 0 Å². The fourth-order valence-electron chi connectivity index (χ4n) is 2.11. The largest absolute Gasteiger partial charge is 0.394 e. The van der Waals surface area contributed by atoms with Crippen molar-refractivity contribution < 1.29 is 18.3 Å². The van der Waals surface area contributed by atoms with E-state index in [0.717, 1.165) is 0 Å². The van der Waals surface area contributed by atoms with Crippen LogP contribution in [0.4, 0.5) is 0 Å². The first-order valence-corrected chi connectivity index (χ1v) is 7.66. The third-order valence-corrected chi connectivity index (χ3v) is 5.25. The van der Waals surface area contributed by atoms with Gasteiger partial charge in [-0.1, -0.05) is 6.07 Å². The third-order valence-electron chi connectivity index (χ3n) is 3.24. The van der Waals surface area contributed by atoms with E-state index in [0.29, 0.717) is 11.1 Å². The number of rotatable bonds is 3. The molecule has 1 N–H and O–H groups in total. The monoisotopic (exact) mass is 296 g/mol. The van der Waals surface area contributed by atoms with E-state index in [9.17, 15) is 8.42 Å². The summed E-state index contributed by atoms with van der Waals surface area (Å²) in [6.07, 6.45) is -0.502. The molecule has 0 aromatic heterocycles. The van der Waals surface area contributed by atoms with E-state index in [1.54, 1.807) is 19.1 Å². The maximum Gasteiger partial charge on any atom is 0.243 e. The van der Waals surface area contributed by atoms with Gasteiger partial charge in [0.15, 0.2) is 0 Å². The Morgan fingerprint density at radius 1 is 1.55 bits per heavy atom. The highest BCUT2D eigenvalue weighted by molar-refractivity contribution is 7.89. The van der Waals surface area contributed by atoms with Crippen LogP contribution in [0, 0.1) is 18.3 Å². The topological polar surface area (TPSA) is 90.6 Å². The minimum atomic E-state index is -3.68. The van der Waals surface area contributed by atoms with Crippen molar-refractivity contribution in [3.63, 3.8) is 0 Å². The van der Waals surface area contributed by atoms with E-state index < -0.39 is 16.1 Å². The van der Waals surface area contributed by atoms with Crippen molar-refractivity contribution >= 4 is 10.0 Å². The molecule has 2 rings (SSSR count). The molecule has 0 radical (unpaired) electrons. The van der Waals surface area contributed by atoms with Crippen molar-refractivity contribution in [3.05, 3.63) is 29.3 Å². The number of aliphatic hydroxyl groups excluding tert-OH is 1. The summed E-state index contributed by atoms with van der Waals surface area (Å²) in [7, 11) is -3.68. The summed E-state index contributed by atoms with van der Waals surface area (Å²) >= 11 is 0. The van der Waals surface area contributed by atoms with Crippen LogP contribution in [0.2, 0.25) is 0 Å². The summed E-state index contributed by atoms with van der Waals surface area (Å²) in [5.74, 6) is 0. The molecule has 6 nitrogen and oxygen atoms in total. The molecule has 1 aromatic carbocycles.